The molecule has 2 aromatic carbocycles. The summed E-state index contributed by atoms with van der Waals surface area (Å²) >= 11 is 5.71. The van der Waals surface area contributed by atoms with Gasteiger partial charge in [0.15, 0.2) is 0 Å². The van der Waals surface area contributed by atoms with E-state index in [2.05, 4.69) is 5.32 Å². The maximum Gasteiger partial charge on any atom is 0.293 e. The normalized spacial score (nSPS) is 10.3. The number of rotatable bonds is 4. The van der Waals surface area contributed by atoms with Crippen LogP contribution in [-0.4, -0.2) is 15.8 Å². The lowest BCUT2D eigenvalue weighted by Crippen LogP contribution is -2.15. The van der Waals surface area contributed by atoms with Crippen LogP contribution >= 0.6 is 11.6 Å². The third kappa shape index (κ3) is 3.33. The van der Waals surface area contributed by atoms with Crippen molar-refractivity contribution < 1.29 is 14.6 Å². The quantitative estimate of drug-likeness (QED) is 0.660. The molecule has 0 unspecified atom stereocenters. The standard InChI is InChI=1S/C15H12ClN3O5/c1-8-3-6-12(18(21)22)14(9(8)2)17-15(20)10-4-5-11(16)13(7-10)19(23)24/h3-7H,1-2H3,(H,17,20). The first kappa shape index (κ1) is 17.4. The van der Waals surface area contributed by atoms with Gasteiger partial charge in [-0.15, -0.1) is 0 Å². The van der Waals surface area contributed by atoms with Gasteiger partial charge in [0.1, 0.15) is 10.7 Å². The van der Waals surface area contributed by atoms with Crippen LogP contribution in [0.25, 0.3) is 0 Å². The summed E-state index contributed by atoms with van der Waals surface area (Å²) in [7, 11) is 0. The van der Waals surface area contributed by atoms with Crippen LogP contribution in [0.3, 0.4) is 0 Å². The minimum absolute atomic E-state index is 0.0266. The average Bonchev–Trinajstić information content (AvgIpc) is 2.51. The van der Waals surface area contributed by atoms with Crippen molar-refractivity contribution in [1.82, 2.24) is 0 Å². The largest absolute Gasteiger partial charge is 0.316 e. The van der Waals surface area contributed by atoms with Crippen LogP contribution < -0.4 is 5.32 Å². The molecule has 124 valence electrons. The van der Waals surface area contributed by atoms with E-state index in [1.807, 2.05) is 0 Å². The maximum atomic E-state index is 12.3. The lowest BCUT2D eigenvalue weighted by molar-refractivity contribution is -0.384. The van der Waals surface area contributed by atoms with Crippen LogP contribution in [0.1, 0.15) is 21.5 Å². The van der Waals surface area contributed by atoms with E-state index in [-0.39, 0.29) is 22.0 Å². The highest BCUT2D eigenvalue weighted by molar-refractivity contribution is 6.32. The van der Waals surface area contributed by atoms with Crippen LogP contribution in [-0.2, 0) is 0 Å². The van der Waals surface area contributed by atoms with Crippen molar-refractivity contribution in [3.05, 3.63) is 72.3 Å². The Morgan fingerprint density at radius 3 is 2.25 bits per heavy atom. The summed E-state index contributed by atoms with van der Waals surface area (Å²) in [6.45, 7) is 3.39. The topological polar surface area (TPSA) is 115 Å². The van der Waals surface area contributed by atoms with E-state index in [1.165, 1.54) is 18.2 Å². The van der Waals surface area contributed by atoms with Gasteiger partial charge in [-0.3, -0.25) is 25.0 Å². The molecule has 0 aliphatic rings. The molecule has 0 fully saturated rings. The summed E-state index contributed by atoms with van der Waals surface area (Å²) in [4.78, 5) is 33.1. The van der Waals surface area contributed by atoms with E-state index in [0.717, 1.165) is 11.6 Å². The first-order valence-corrected chi connectivity index (χ1v) is 7.10. The highest BCUT2D eigenvalue weighted by Crippen LogP contribution is 2.31. The SMILES string of the molecule is Cc1ccc([N+](=O)[O-])c(NC(=O)c2ccc(Cl)c([N+](=O)[O-])c2)c1C. The first-order valence-electron chi connectivity index (χ1n) is 6.72. The summed E-state index contributed by atoms with van der Waals surface area (Å²) in [5.74, 6) is -0.702. The van der Waals surface area contributed by atoms with Crippen molar-refractivity contribution in [3.8, 4) is 0 Å². The number of nitrogens with one attached hydrogen (secondary N) is 1. The fraction of sp³-hybridized carbons (Fsp3) is 0.133. The minimum Gasteiger partial charge on any atom is -0.316 e. The fourth-order valence-corrected chi connectivity index (χ4v) is 2.28. The van der Waals surface area contributed by atoms with Gasteiger partial charge in [0.25, 0.3) is 17.3 Å². The van der Waals surface area contributed by atoms with E-state index in [9.17, 15) is 25.0 Å². The molecule has 0 saturated heterocycles. The lowest BCUT2D eigenvalue weighted by atomic mass is 10.1. The molecule has 8 nitrogen and oxygen atoms in total. The molecule has 1 N–H and O–H groups in total. The predicted octanol–water partition coefficient (Wildman–Crippen LogP) is 4.03. The van der Waals surface area contributed by atoms with Crippen molar-refractivity contribution in [2.45, 2.75) is 13.8 Å². The molecule has 2 rings (SSSR count). The summed E-state index contributed by atoms with van der Waals surface area (Å²) in [5, 5.41) is 24.4. The van der Waals surface area contributed by atoms with Gasteiger partial charge in [0, 0.05) is 17.7 Å². The minimum atomic E-state index is -0.709. The molecule has 0 spiro atoms. The molecule has 9 heteroatoms. The third-order valence-electron chi connectivity index (χ3n) is 3.55. The van der Waals surface area contributed by atoms with Crippen molar-refractivity contribution in [3.63, 3.8) is 0 Å². The molecule has 0 aliphatic carbocycles. The highest BCUT2D eigenvalue weighted by atomic mass is 35.5. The zero-order chi connectivity index (χ0) is 18.0. The second-order valence-electron chi connectivity index (χ2n) is 5.04. The molecule has 0 saturated carbocycles. The highest BCUT2D eigenvalue weighted by Gasteiger charge is 2.22. The van der Waals surface area contributed by atoms with E-state index >= 15 is 0 Å². The van der Waals surface area contributed by atoms with E-state index in [0.29, 0.717) is 5.56 Å². The van der Waals surface area contributed by atoms with Crippen LogP contribution in [0.2, 0.25) is 5.02 Å². The predicted molar refractivity (Wildman–Crippen MR) is 88.6 cm³/mol. The van der Waals surface area contributed by atoms with Gasteiger partial charge >= 0.3 is 0 Å². The van der Waals surface area contributed by atoms with Crippen molar-refractivity contribution in [2.75, 3.05) is 5.32 Å². The monoisotopic (exact) mass is 349 g/mol. The molecule has 0 atom stereocenters. The third-order valence-corrected chi connectivity index (χ3v) is 3.87. The summed E-state index contributed by atoms with van der Waals surface area (Å²) in [6, 6.07) is 6.43. The van der Waals surface area contributed by atoms with Gasteiger partial charge in [-0.25, -0.2) is 0 Å². The Labute approximate surface area is 141 Å². The van der Waals surface area contributed by atoms with Crippen molar-refractivity contribution in [1.29, 1.82) is 0 Å². The zero-order valence-electron chi connectivity index (χ0n) is 12.7. The molecule has 0 aliphatic heterocycles. The number of halogens is 1. The van der Waals surface area contributed by atoms with Crippen LogP contribution in [0.5, 0.6) is 0 Å². The molecule has 1 amide bonds. The van der Waals surface area contributed by atoms with E-state index in [4.69, 9.17) is 11.6 Å². The summed E-state index contributed by atoms with van der Waals surface area (Å²) in [6.07, 6.45) is 0. The van der Waals surface area contributed by atoms with Crippen molar-refractivity contribution in [2.24, 2.45) is 0 Å². The number of amides is 1. The average molecular weight is 350 g/mol. The van der Waals surface area contributed by atoms with Crippen molar-refractivity contribution >= 4 is 34.6 Å². The van der Waals surface area contributed by atoms with Gasteiger partial charge in [0.2, 0.25) is 0 Å². The number of aryl methyl sites for hydroxylation is 1. The Hall–Kier alpha value is -3.00. The number of carbonyl (C=O) groups is 1. The smallest absolute Gasteiger partial charge is 0.293 e. The number of hydrogen-bond donors (Lipinski definition) is 1. The van der Waals surface area contributed by atoms with E-state index < -0.39 is 21.4 Å². The second-order valence-corrected chi connectivity index (χ2v) is 5.44. The van der Waals surface area contributed by atoms with Gasteiger partial charge in [-0.1, -0.05) is 17.7 Å². The molecule has 0 bridgehead atoms. The number of carbonyl (C=O) groups excluding carboxylic acids is 1. The molecule has 0 heterocycles. The Morgan fingerprint density at radius 1 is 1.04 bits per heavy atom. The number of anilines is 1. The number of nitro benzene ring substituents is 2. The number of nitrogens with zero attached hydrogens (tertiary/aromatic N) is 2. The molecular weight excluding hydrogens is 338 g/mol. The van der Waals surface area contributed by atoms with Gasteiger partial charge in [-0.05, 0) is 37.1 Å². The summed E-state index contributed by atoms with van der Waals surface area (Å²) < 4.78 is 0. The second kappa shape index (κ2) is 6.63. The molecule has 0 radical (unpaired) electrons. The van der Waals surface area contributed by atoms with Crippen LogP contribution in [0.15, 0.2) is 30.3 Å². The van der Waals surface area contributed by atoms with Gasteiger partial charge in [-0.2, -0.15) is 0 Å². The molecule has 24 heavy (non-hydrogen) atoms. The fourth-order valence-electron chi connectivity index (χ4n) is 2.09. The Balaban J connectivity index is 2.44. The zero-order valence-corrected chi connectivity index (χ0v) is 13.5. The Kier molecular flexibility index (Phi) is 4.79. The molecule has 2 aromatic rings. The lowest BCUT2D eigenvalue weighted by Gasteiger charge is -2.11. The first-order chi connectivity index (χ1) is 11.2. The number of benzene rings is 2. The number of hydrogen-bond acceptors (Lipinski definition) is 5. The molecular formula is C15H12ClN3O5. The Morgan fingerprint density at radius 2 is 1.67 bits per heavy atom. The van der Waals surface area contributed by atoms with Gasteiger partial charge in [0.05, 0.1) is 9.85 Å². The van der Waals surface area contributed by atoms with Crippen LogP contribution in [0.4, 0.5) is 17.1 Å². The van der Waals surface area contributed by atoms with Crippen LogP contribution in [0, 0.1) is 34.1 Å². The number of nitro groups is 2. The Bertz CT molecular complexity index is 866. The summed E-state index contributed by atoms with van der Waals surface area (Å²) in [5.41, 5.74) is 0.664. The van der Waals surface area contributed by atoms with Gasteiger partial charge < -0.3 is 5.32 Å². The van der Waals surface area contributed by atoms with E-state index in [1.54, 1.807) is 19.9 Å². The maximum absolute atomic E-state index is 12.3. The molecule has 0 aromatic heterocycles.